The molecule has 10 rings (SSSR count). The molecule has 52 heavy (non-hydrogen) atoms. The molecule has 0 saturated heterocycles. The number of nitrogens with zero attached hydrogens (tertiary/aromatic N) is 3. The van der Waals surface area contributed by atoms with Crippen molar-refractivity contribution in [2.75, 3.05) is 4.90 Å². The molecule has 0 spiro atoms. The van der Waals surface area contributed by atoms with Gasteiger partial charge in [-0.3, -0.25) is 0 Å². The van der Waals surface area contributed by atoms with Gasteiger partial charge in [0.25, 0.3) is 0 Å². The summed E-state index contributed by atoms with van der Waals surface area (Å²) in [6.07, 6.45) is 0. The third kappa shape index (κ3) is 5.09. The van der Waals surface area contributed by atoms with Gasteiger partial charge in [0.05, 0.1) is 22.3 Å². The molecule has 0 aliphatic heterocycles. The quantitative estimate of drug-likeness (QED) is 0.177. The molecule has 10 aromatic rings. The number of fused-ring (bicyclic) bond motifs is 5. The van der Waals surface area contributed by atoms with Crippen molar-refractivity contribution < 1.29 is 4.42 Å². The summed E-state index contributed by atoms with van der Waals surface area (Å²) in [6.45, 7) is 0. The molecular weight excluding hydrogens is 635 g/mol. The van der Waals surface area contributed by atoms with Crippen molar-refractivity contribution in [3.8, 4) is 33.8 Å². The van der Waals surface area contributed by atoms with Crippen LogP contribution < -0.4 is 4.90 Å². The van der Waals surface area contributed by atoms with Gasteiger partial charge in [0.1, 0.15) is 11.2 Å². The van der Waals surface area contributed by atoms with E-state index in [1.807, 2.05) is 18.2 Å². The minimum atomic E-state index is 0.661. The van der Waals surface area contributed by atoms with Crippen molar-refractivity contribution in [3.05, 3.63) is 188 Å². The van der Waals surface area contributed by atoms with Crippen LogP contribution in [-0.2, 0) is 0 Å². The summed E-state index contributed by atoms with van der Waals surface area (Å²) >= 11 is 0. The van der Waals surface area contributed by atoms with Crippen LogP contribution in [0.25, 0.3) is 77.4 Å². The molecule has 0 N–H and O–H groups in total. The van der Waals surface area contributed by atoms with Crippen LogP contribution in [0.4, 0.5) is 17.1 Å². The highest BCUT2D eigenvalue weighted by Gasteiger charge is 2.21. The zero-order chi connectivity index (χ0) is 34.4. The summed E-state index contributed by atoms with van der Waals surface area (Å²) < 4.78 is 6.63. The number of aromatic nitrogens is 2. The fourth-order valence-electron chi connectivity index (χ4n) is 7.41. The zero-order valence-corrected chi connectivity index (χ0v) is 28.1. The van der Waals surface area contributed by atoms with Gasteiger partial charge >= 0.3 is 0 Å². The van der Waals surface area contributed by atoms with Crippen molar-refractivity contribution in [1.29, 1.82) is 0 Å². The monoisotopic (exact) mass is 665 g/mol. The van der Waals surface area contributed by atoms with E-state index in [1.165, 1.54) is 16.5 Å². The Hall–Kier alpha value is -7.04. The number of rotatable bonds is 6. The molecule has 0 aliphatic rings. The number of furan rings is 1. The lowest BCUT2D eigenvalue weighted by Crippen LogP contribution is -2.10. The van der Waals surface area contributed by atoms with E-state index >= 15 is 0 Å². The maximum absolute atomic E-state index is 6.63. The molecule has 0 unspecified atom stereocenters. The summed E-state index contributed by atoms with van der Waals surface area (Å²) in [4.78, 5) is 12.6. The molecule has 4 heteroatoms. The van der Waals surface area contributed by atoms with Gasteiger partial charge in [0.2, 0.25) is 0 Å². The Morgan fingerprint density at radius 2 is 1.08 bits per heavy atom. The van der Waals surface area contributed by atoms with E-state index in [0.717, 1.165) is 72.1 Å². The van der Waals surface area contributed by atoms with Crippen molar-refractivity contribution in [1.82, 2.24) is 9.97 Å². The van der Waals surface area contributed by atoms with Crippen LogP contribution in [0.15, 0.2) is 192 Å². The van der Waals surface area contributed by atoms with Gasteiger partial charge in [-0.15, -0.1) is 0 Å². The molecule has 0 saturated carbocycles. The first-order valence-electron chi connectivity index (χ1n) is 17.5. The first-order valence-corrected chi connectivity index (χ1v) is 17.5. The standard InChI is InChI=1S/C48H31N3O/c1-3-13-32(14-4-1)33-25-28-37(29-26-33)51(36-17-5-2-6-18-36)43-23-12-24-44-46(43)41-30-27-35(31-45(41)52-44)48-49-42-22-10-9-20-40(42)47(50-48)39-21-11-16-34-15-7-8-19-38(34)39/h1-31H. The molecule has 2 aromatic heterocycles. The molecule has 0 radical (unpaired) electrons. The number of anilines is 3. The largest absolute Gasteiger partial charge is 0.456 e. The first-order chi connectivity index (χ1) is 25.8. The second kappa shape index (κ2) is 12.4. The summed E-state index contributed by atoms with van der Waals surface area (Å²) in [5.41, 5.74) is 11.0. The predicted octanol–water partition coefficient (Wildman–Crippen LogP) is 13.2. The Bertz CT molecular complexity index is 2890. The second-order valence-corrected chi connectivity index (χ2v) is 13.0. The zero-order valence-electron chi connectivity index (χ0n) is 28.1. The van der Waals surface area contributed by atoms with Crippen molar-refractivity contribution in [3.63, 3.8) is 0 Å². The van der Waals surface area contributed by atoms with Crippen LogP contribution in [0.5, 0.6) is 0 Å². The van der Waals surface area contributed by atoms with Gasteiger partial charge in [-0.05, 0) is 76.5 Å². The molecule has 4 nitrogen and oxygen atoms in total. The van der Waals surface area contributed by atoms with Crippen LogP contribution in [0.3, 0.4) is 0 Å². The lowest BCUT2D eigenvalue weighted by molar-refractivity contribution is 0.669. The van der Waals surface area contributed by atoms with E-state index in [0.29, 0.717) is 5.82 Å². The van der Waals surface area contributed by atoms with Gasteiger partial charge < -0.3 is 9.32 Å². The molecule has 0 fully saturated rings. The first kappa shape index (κ1) is 29.8. The van der Waals surface area contributed by atoms with Crippen LogP contribution in [0, 0.1) is 0 Å². The molecule has 0 atom stereocenters. The number of benzene rings is 8. The molecule has 8 aromatic carbocycles. The van der Waals surface area contributed by atoms with E-state index in [2.05, 4.69) is 175 Å². The summed E-state index contributed by atoms with van der Waals surface area (Å²) in [5.74, 6) is 0.661. The number of hydrogen-bond donors (Lipinski definition) is 0. The highest BCUT2D eigenvalue weighted by atomic mass is 16.3. The Morgan fingerprint density at radius 1 is 0.423 bits per heavy atom. The Kier molecular flexibility index (Phi) is 7.10. The smallest absolute Gasteiger partial charge is 0.160 e. The van der Waals surface area contributed by atoms with Crippen LogP contribution in [0.2, 0.25) is 0 Å². The predicted molar refractivity (Wildman–Crippen MR) is 215 cm³/mol. The third-order valence-corrected chi connectivity index (χ3v) is 9.87. The summed E-state index contributed by atoms with van der Waals surface area (Å²) in [5, 5.41) is 5.45. The fourth-order valence-corrected chi connectivity index (χ4v) is 7.41. The Balaban J connectivity index is 1.12. The lowest BCUT2D eigenvalue weighted by atomic mass is 9.99. The summed E-state index contributed by atoms with van der Waals surface area (Å²) in [6, 6.07) is 65.5. The van der Waals surface area contributed by atoms with Gasteiger partial charge in [-0.25, -0.2) is 9.97 Å². The number of para-hydroxylation sites is 2. The highest BCUT2D eigenvalue weighted by molar-refractivity contribution is 6.14. The Morgan fingerprint density at radius 3 is 1.92 bits per heavy atom. The van der Waals surface area contributed by atoms with E-state index in [1.54, 1.807) is 0 Å². The normalized spacial score (nSPS) is 11.5. The highest BCUT2D eigenvalue weighted by Crippen LogP contribution is 2.44. The van der Waals surface area contributed by atoms with Crippen LogP contribution in [-0.4, -0.2) is 9.97 Å². The van der Waals surface area contributed by atoms with Gasteiger partial charge in [0.15, 0.2) is 5.82 Å². The molecule has 0 aliphatic carbocycles. The third-order valence-electron chi connectivity index (χ3n) is 9.87. The minimum absolute atomic E-state index is 0.661. The minimum Gasteiger partial charge on any atom is -0.456 e. The molecule has 244 valence electrons. The SMILES string of the molecule is c1ccc(-c2ccc(N(c3ccccc3)c3cccc4oc5cc(-c6nc(-c7cccc8ccccc78)c7ccccc7n6)ccc5c34)cc2)cc1. The van der Waals surface area contributed by atoms with E-state index < -0.39 is 0 Å². The van der Waals surface area contributed by atoms with Crippen LogP contribution >= 0.6 is 0 Å². The molecule has 0 amide bonds. The van der Waals surface area contributed by atoms with Gasteiger partial charge in [-0.2, -0.15) is 0 Å². The van der Waals surface area contributed by atoms with Gasteiger partial charge in [-0.1, -0.05) is 133 Å². The lowest BCUT2D eigenvalue weighted by Gasteiger charge is -2.26. The van der Waals surface area contributed by atoms with E-state index in [9.17, 15) is 0 Å². The van der Waals surface area contributed by atoms with Gasteiger partial charge in [0, 0.05) is 33.3 Å². The van der Waals surface area contributed by atoms with Crippen LogP contribution in [0.1, 0.15) is 0 Å². The molecular formula is C48H31N3O. The maximum atomic E-state index is 6.63. The van der Waals surface area contributed by atoms with Crippen molar-refractivity contribution in [2.24, 2.45) is 0 Å². The second-order valence-electron chi connectivity index (χ2n) is 13.0. The molecule has 0 bridgehead atoms. The topological polar surface area (TPSA) is 42.2 Å². The average molecular weight is 666 g/mol. The molecule has 2 heterocycles. The fraction of sp³-hybridized carbons (Fsp3) is 0. The number of hydrogen-bond acceptors (Lipinski definition) is 4. The van der Waals surface area contributed by atoms with E-state index in [-0.39, 0.29) is 0 Å². The maximum Gasteiger partial charge on any atom is 0.160 e. The Labute approximate surface area is 300 Å². The van der Waals surface area contributed by atoms with Crippen molar-refractivity contribution in [2.45, 2.75) is 0 Å². The van der Waals surface area contributed by atoms with E-state index in [4.69, 9.17) is 14.4 Å². The van der Waals surface area contributed by atoms with Crippen molar-refractivity contribution >= 4 is 60.7 Å². The average Bonchev–Trinajstić information content (AvgIpc) is 3.60. The summed E-state index contributed by atoms with van der Waals surface area (Å²) in [7, 11) is 0.